The fraction of sp³-hybridized carbons (Fsp3) is 0.111. The Morgan fingerprint density at radius 2 is 1.88 bits per heavy atom. The molecule has 2 aromatic carbocycles. The van der Waals surface area contributed by atoms with Gasteiger partial charge in [-0.25, -0.2) is 4.98 Å². The van der Waals surface area contributed by atoms with Crippen molar-refractivity contribution in [2.45, 2.75) is 6.92 Å². The highest BCUT2D eigenvalue weighted by Gasteiger charge is 2.05. The lowest BCUT2D eigenvalue weighted by molar-refractivity contribution is -0.118. The summed E-state index contributed by atoms with van der Waals surface area (Å²) < 4.78 is 5.41. The minimum Gasteiger partial charge on any atom is -0.484 e. The first-order valence-corrected chi connectivity index (χ1v) is 7.78. The number of anilines is 1. The van der Waals surface area contributed by atoms with Crippen LogP contribution in [0.25, 0.3) is 11.3 Å². The van der Waals surface area contributed by atoms with E-state index in [1.807, 2.05) is 31.2 Å². The molecule has 6 heteroatoms. The summed E-state index contributed by atoms with van der Waals surface area (Å²) in [6, 6.07) is 14.4. The smallest absolute Gasteiger partial charge is 0.262 e. The van der Waals surface area contributed by atoms with Gasteiger partial charge in [0, 0.05) is 10.7 Å². The number of aromatic nitrogens is 2. The van der Waals surface area contributed by atoms with Crippen molar-refractivity contribution in [3.63, 3.8) is 0 Å². The topological polar surface area (TPSA) is 67.0 Å². The van der Waals surface area contributed by atoms with E-state index in [1.54, 1.807) is 30.5 Å². The van der Waals surface area contributed by atoms with Crippen molar-refractivity contribution in [1.29, 1.82) is 0 Å². The monoisotopic (exact) mass is 341 g/mol. The van der Waals surface area contributed by atoms with Crippen LogP contribution in [0.4, 0.5) is 5.69 Å². The van der Waals surface area contributed by atoms with Crippen LogP contribution in [0.2, 0.25) is 5.02 Å². The average Bonchev–Trinajstić information content (AvgIpc) is 3.01. The van der Waals surface area contributed by atoms with Crippen molar-refractivity contribution in [2.75, 3.05) is 11.9 Å². The average molecular weight is 342 g/mol. The van der Waals surface area contributed by atoms with Crippen molar-refractivity contribution in [1.82, 2.24) is 9.97 Å². The second-order valence-corrected chi connectivity index (χ2v) is 5.69. The molecule has 3 rings (SSSR count). The number of benzene rings is 2. The first kappa shape index (κ1) is 16.1. The molecule has 1 amide bonds. The van der Waals surface area contributed by atoms with E-state index in [9.17, 15) is 4.79 Å². The molecule has 0 atom stereocenters. The van der Waals surface area contributed by atoms with Crippen molar-refractivity contribution < 1.29 is 9.53 Å². The number of carbonyl (C=O) groups excluding carboxylic acids is 1. The largest absolute Gasteiger partial charge is 0.484 e. The zero-order valence-corrected chi connectivity index (χ0v) is 13.8. The number of ether oxygens (including phenoxy) is 1. The number of carbonyl (C=O) groups is 1. The van der Waals surface area contributed by atoms with Gasteiger partial charge in [-0.2, -0.15) is 0 Å². The third kappa shape index (κ3) is 4.14. The van der Waals surface area contributed by atoms with E-state index in [1.165, 1.54) is 0 Å². The second kappa shape index (κ2) is 7.19. The first-order chi connectivity index (χ1) is 11.6. The zero-order valence-electron chi connectivity index (χ0n) is 13.0. The van der Waals surface area contributed by atoms with Crippen LogP contribution in [-0.2, 0) is 4.79 Å². The Morgan fingerprint density at radius 3 is 2.50 bits per heavy atom. The van der Waals surface area contributed by atoms with Gasteiger partial charge in [0.05, 0.1) is 11.9 Å². The molecule has 5 nitrogen and oxygen atoms in total. The molecule has 0 radical (unpaired) electrons. The molecular weight excluding hydrogens is 326 g/mol. The number of hydrogen-bond donors (Lipinski definition) is 2. The predicted molar refractivity (Wildman–Crippen MR) is 94.3 cm³/mol. The predicted octanol–water partition coefficient (Wildman–Crippen LogP) is 4.06. The standard InChI is InChI=1S/C18H16ClN3O2/c1-12-20-10-17(21-12)13-2-6-15(7-3-13)22-18(23)11-24-16-8-4-14(19)5-9-16/h2-10H,11H2,1H3,(H,20,21)(H,22,23). The molecule has 3 aromatic rings. The van der Waals surface area contributed by atoms with Crippen molar-refractivity contribution >= 4 is 23.2 Å². The minimum absolute atomic E-state index is 0.0663. The molecule has 0 aliphatic heterocycles. The number of hydrogen-bond acceptors (Lipinski definition) is 3. The molecule has 0 aliphatic rings. The van der Waals surface area contributed by atoms with Crippen LogP contribution in [0.5, 0.6) is 5.75 Å². The summed E-state index contributed by atoms with van der Waals surface area (Å²) in [5.74, 6) is 1.23. The Bertz CT molecular complexity index is 826. The van der Waals surface area contributed by atoms with Gasteiger partial charge < -0.3 is 15.0 Å². The summed E-state index contributed by atoms with van der Waals surface area (Å²) in [5.41, 5.74) is 2.65. The number of aromatic amines is 1. The maximum atomic E-state index is 11.9. The molecular formula is C18H16ClN3O2. The van der Waals surface area contributed by atoms with Crippen molar-refractivity contribution in [2.24, 2.45) is 0 Å². The Balaban J connectivity index is 1.55. The minimum atomic E-state index is -0.227. The number of nitrogens with zero attached hydrogens (tertiary/aromatic N) is 1. The summed E-state index contributed by atoms with van der Waals surface area (Å²) in [5, 5.41) is 3.42. The van der Waals surface area contributed by atoms with E-state index in [0.717, 1.165) is 17.1 Å². The van der Waals surface area contributed by atoms with Gasteiger partial charge in [-0.1, -0.05) is 23.7 Å². The van der Waals surface area contributed by atoms with Gasteiger partial charge in [-0.3, -0.25) is 4.79 Å². The lowest BCUT2D eigenvalue weighted by Crippen LogP contribution is -2.20. The summed E-state index contributed by atoms with van der Waals surface area (Å²) >= 11 is 5.80. The highest BCUT2D eigenvalue weighted by molar-refractivity contribution is 6.30. The quantitative estimate of drug-likeness (QED) is 0.735. The van der Waals surface area contributed by atoms with Gasteiger partial charge in [-0.15, -0.1) is 0 Å². The van der Waals surface area contributed by atoms with E-state index in [-0.39, 0.29) is 12.5 Å². The second-order valence-electron chi connectivity index (χ2n) is 5.25. The van der Waals surface area contributed by atoms with E-state index >= 15 is 0 Å². The van der Waals surface area contributed by atoms with Gasteiger partial charge in [0.15, 0.2) is 6.61 Å². The fourth-order valence-electron chi connectivity index (χ4n) is 2.18. The van der Waals surface area contributed by atoms with Gasteiger partial charge in [-0.05, 0) is 48.9 Å². The molecule has 122 valence electrons. The molecule has 0 spiro atoms. The molecule has 24 heavy (non-hydrogen) atoms. The lowest BCUT2D eigenvalue weighted by Gasteiger charge is -2.08. The Hall–Kier alpha value is -2.79. The molecule has 0 fully saturated rings. The van der Waals surface area contributed by atoms with E-state index in [2.05, 4.69) is 15.3 Å². The number of rotatable bonds is 5. The van der Waals surface area contributed by atoms with Crippen LogP contribution in [-0.4, -0.2) is 22.5 Å². The van der Waals surface area contributed by atoms with Gasteiger partial charge >= 0.3 is 0 Å². The fourth-order valence-corrected chi connectivity index (χ4v) is 2.30. The first-order valence-electron chi connectivity index (χ1n) is 7.40. The van der Waals surface area contributed by atoms with E-state index in [4.69, 9.17) is 16.3 Å². The van der Waals surface area contributed by atoms with Gasteiger partial charge in [0.25, 0.3) is 5.91 Å². The Kier molecular flexibility index (Phi) is 4.82. The van der Waals surface area contributed by atoms with E-state index < -0.39 is 0 Å². The maximum absolute atomic E-state index is 11.9. The van der Waals surface area contributed by atoms with Gasteiger partial charge in [0.2, 0.25) is 0 Å². The molecule has 0 saturated heterocycles. The third-order valence-electron chi connectivity index (χ3n) is 3.37. The van der Waals surface area contributed by atoms with Gasteiger partial charge in [0.1, 0.15) is 11.6 Å². The summed E-state index contributed by atoms with van der Waals surface area (Å²) in [6.45, 7) is 1.84. The van der Waals surface area contributed by atoms with Crippen LogP contribution in [0.15, 0.2) is 54.7 Å². The normalized spacial score (nSPS) is 10.4. The number of imidazole rings is 1. The number of H-pyrrole nitrogens is 1. The lowest BCUT2D eigenvalue weighted by atomic mass is 10.1. The number of halogens is 1. The van der Waals surface area contributed by atoms with Crippen LogP contribution in [0.3, 0.4) is 0 Å². The molecule has 1 heterocycles. The Morgan fingerprint density at radius 1 is 1.17 bits per heavy atom. The molecule has 0 unspecified atom stereocenters. The van der Waals surface area contributed by atoms with E-state index in [0.29, 0.717) is 16.5 Å². The number of aryl methyl sites for hydroxylation is 1. The number of nitrogens with one attached hydrogen (secondary N) is 2. The zero-order chi connectivity index (χ0) is 16.9. The molecule has 1 aromatic heterocycles. The SMILES string of the molecule is Cc1ncc(-c2ccc(NC(=O)COc3ccc(Cl)cc3)cc2)[nH]1. The summed E-state index contributed by atoms with van der Waals surface area (Å²) in [4.78, 5) is 19.3. The van der Waals surface area contributed by atoms with Crippen LogP contribution in [0.1, 0.15) is 5.82 Å². The third-order valence-corrected chi connectivity index (χ3v) is 3.62. The van der Waals surface area contributed by atoms with Crippen LogP contribution < -0.4 is 10.1 Å². The van der Waals surface area contributed by atoms with Crippen LogP contribution >= 0.6 is 11.6 Å². The number of amides is 1. The molecule has 2 N–H and O–H groups in total. The molecule has 0 bridgehead atoms. The molecule has 0 saturated carbocycles. The summed E-state index contributed by atoms with van der Waals surface area (Å²) in [6.07, 6.45) is 1.78. The maximum Gasteiger partial charge on any atom is 0.262 e. The Labute approximate surface area is 144 Å². The van der Waals surface area contributed by atoms with Crippen LogP contribution in [0, 0.1) is 6.92 Å². The molecule has 0 aliphatic carbocycles. The summed E-state index contributed by atoms with van der Waals surface area (Å²) in [7, 11) is 0. The van der Waals surface area contributed by atoms with Crippen molar-refractivity contribution in [3.05, 3.63) is 65.6 Å². The highest BCUT2D eigenvalue weighted by atomic mass is 35.5. The van der Waals surface area contributed by atoms with Crippen molar-refractivity contribution in [3.8, 4) is 17.0 Å². The highest BCUT2D eigenvalue weighted by Crippen LogP contribution is 2.20.